The lowest BCUT2D eigenvalue weighted by atomic mass is 10.1. The monoisotopic (exact) mass is 286 g/mol. The molecule has 4 nitrogen and oxygen atoms in total. The molecule has 0 radical (unpaired) electrons. The van der Waals surface area contributed by atoms with Gasteiger partial charge in [-0.3, -0.25) is 0 Å². The first-order valence-corrected chi connectivity index (χ1v) is 6.56. The van der Waals surface area contributed by atoms with Crippen LogP contribution in [0.3, 0.4) is 0 Å². The summed E-state index contributed by atoms with van der Waals surface area (Å²) in [6.07, 6.45) is 6.45. The summed E-state index contributed by atoms with van der Waals surface area (Å²) >= 11 is 0. The second-order valence-corrected chi connectivity index (χ2v) is 4.26. The molecule has 1 aromatic rings. The molecule has 0 unspecified atom stereocenters. The molecular weight excluding hydrogens is 268 g/mol. The maximum absolute atomic E-state index is 11.4. The molecule has 0 aromatic heterocycles. The normalized spacial score (nSPS) is 12.5. The molecule has 1 rings (SSSR count). The molecule has 110 valence electrons. The topological polar surface area (TPSA) is 63.6 Å². The first-order valence-electron chi connectivity index (χ1n) is 6.56. The first-order chi connectivity index (χ1) is 10.0. The van der Waals surface area contributed by atoms with Gasteiger partial charge in [-0.1, -0.05) is 54.1 Å². The minimum atomic E-state index is -1.30. The summed E-state index contributed by atoms with van der Waals surface area (Å²) in [5.41, 5.74) is 1.60. The van der Waals surface area contributed by atoms with Crippen molar-refractivity contribution < 1.29 is 19.4 Å². The van der Waals surface area contributed by atoms with Gasteiger partial charge in [0.1, 0.15) is 5.57 Å². The van der Waals surface area contributed by atoms with Gasteiger partial charge >= 0.3 is 11.9 Å². The van der Waals surface area contributed by atoms with E-state index in [1.807, 2.05) is 43.3 Å². The Bertz CT molecular complexity index is 580. The minimum absolute atomic E-state index is 0.139. The second kappa shape index (κ2) is 8.53. The Morgan fingerprint density at radius 2 is 1.90 bits per heavy atom. The number of carboxylic acid groups (broad SMARTS) is 1. The molecule has 0 heterocycles. The zero-order chi connectivity index (χ0) is 15.7. The lowest BCUT2D eigenvalue weighted by Crippen LogP contribution is -2.15. The summed E-state index contributed by atoms with van der Waals surface area (Å²) in [6.45, 7) is 3.65. The van der Waals surface area contributed by atoms with Crippen molar-refractivity contribution in [3.8, 4) is 0 Å². The number of benzene rings is 1. The molecule has 0 bridgehead atoms. The van der Waals surface area contributed by atoms with Crippen molar-refractivity contribution in [3.63, 3.8) is 0 Å². The van der Waals surface area contributed by atoms with Crippen LogP contribution in [-0.2, 0) is 14.3 Å². The van der Waals surface area contributed by atoms with Crippen LogP contribution >= 0.6 is 0 Å². The second-order valence-electron chi connectivity index (χ2n) is 4.26. The third-order valence-electron chi connectivity index (χ3n) is 2.54. The molecule has 1 N–H and O–H groups in total. The zero-order valence-corrected chi connectivity index (χ0v) is 12.1. The number of allylic oxidation sites excluding steroid dienone is 4. The van der Waals surface area contributed by atoms with Crippen LogP contribution in [0.5, 0.6) is 0 Å². The summed E-state index contributed by atoms with van der Waals surface area (Å²) in [6, 6.07) is 9.74. The zero-order valence-electron chi connectivity index (χ0n) is 12.1. The highest BCUT2D eigenvalue weighted by Crippen LogP contribution is 2.07. The number of carbonyl (C=O) groups excluding carboxylic acids is 1. The summed E-state index contributed by atoms with van der Waals surface area (Å²) in [5.74, 6) is -2.14. The predicted molar refractivity (Wildman–Crippen MR) is 81.6 cm³/mol. The maximum Gasteiger partial charge on any atom is 0.345 e. The lowest BCUT2D eigenvalue weighted by Gasteiger charge is -2.00. The van der Waals surface area contributed by atoms with E-state index in [9.17, 15) is 9.59 Å². The van der Waals surface area contributed by atoms with Gasteiger partial charge in [0.15, 0.2) is 0 Å². The third-order valence-corrected chi connectivity index (χ3v) is 2.54. The van der Waals surface area contributed by atoms with Crippen LogP contribution in [0.2, 0.25) is 0 Å². The maximum atomic E-state index is 11.4. The number of hydrogen-bond donors (Lipinski definition) is 1. The van der Waals surface area contributed by atoms with E-state index in [2.05, 4.69) is 4.74 Å². The van der Waals surface area contributed by atoms with Crippen molar-refractivity contribution in [2.24, 2.45) is 0 Å². The van der Waals surface area contributed by atoms with Gasteiger partial charge in [0, 0.05) is 0 Å². The molecule has 0 spiro atoms. The number of esters is 1. The first kappa shape index (κ1) is 16.4. The van der Waals surface area contributed by atoms with E-state index in [4.69, 9.17) is 5.11 Å². The quantitative estimate of drug-likeness (QED) is 0.287. The average molecular weight is 286 g/mol. The third kappa shape index (κ3) is 5.91. The Labute approximate surface area is 124 Å². The number of ether oxygens (including phenoxy) is 1. The molecule has 0 aliphatic heterocycles. The van der Waals surface area contributed by atoms with Crippen molar-refractivity contribution in [3.05, 3.63) is 65.3 Å². The Morgan fingerprint density at radius 1 is 1.24 bits per heavy atom. The molecular formula is C17H18O4. The molecule has 0 atom stereocenters. The standard InChI is InChI=1S/C17H18O4/c1-3-21-17(20)15(16(18)19)11-7-8-13(2)12-14-9-5-4-6-10-14/h4-12H,3H2,1-2H3,(H,18,19)/b8-7+,13-12+,15-11-. The lowest BCUT2D eigenvalue weighted by molar-refractivity contribution is -0.143. The fourth-order valence-corrected chi connectivity index (χ4v) is 1.59. The molecule has 0 amide bonds. The van der Waals surface area contributed by atoms with Gasteiger partial charge in [0.05, 0.1) is 6.61 Å². The van der Waals surface area contributed by atoms with Gasteiger partial charge in [-0.05, 0) is 25.5 Å². The molecule has 1 aromatic carbocycles. The van der Waals surface area contributed by atoms with E-state index < -0.39 is 11.9 Å². The van der Waals surface area contributed by atoms with Crippen molar-refractivity contribution in [2.75, 3.05) is 6.61 Å². The van der Waals surface area contributed by atoms with Crippen LogP contribution in [0.15, 0.2) is 59.7 Å². The van der Waals surface area contributed by atoms with Crippen LogP contribution in [0.4, 0.5) is 0 Å². The van der Waals surface area contributed by atoms with E-state index in [-0.39, 0.29) is 12.2 Å². The highest BCUT2D eigenvalue weighted by molar-refractivity contribution is 6.13. The summed E-state index contributed by atoms with van der Waals surface area (Å²) < 4.78 is 4.68. The van der Waals surface area contributed by atoms with E-state index in [0.29, 0.717) is 0 Å². The van der Waals surface area contributed by atoms with E-state index in [0.717, 1.165) is 11.1 Å². The van der Waals surface area contributed by atoms with Crippen LogP contribution in [0.1, 0.15) is 19.4 Å². The molecule has 0 aliphatic rings. The van der Waals surface area contributed by atoms with Gasteiger partial charge in [-0.15, -0.1) is 0 Å². The Hall–Kier alpha value is -2.62. The summed E-state index contributed by atoms with van der Waals surface area (Å²) in [7, 11) is 0. The van der Waals surface area contributed by atoms with Gasteiger partial charge in [-0.2, -0.15) is 0 Å². The number of hydrogen-bond acceptors (Lipinski definition) is 3. The SMILES string of the molecule is CCOC(=O)\C(=C/C=C/C(C)=C/c1ccccc1)C(=O)O. The van der Waals surface area contributed by atoms with Crippen molar-refractivity contribution >= 4 is 18.0 Å². The predicted octanol–water partition coefficient (Wildman–Crippen LogP) is 3.22. The van der Waals surface area contributed by atoms with E-state index in [1.54, 1.807) is 13.0 Å². The molecule has 0 aliphatic carbocycles. The molecule has 0 saturated heterocycles. The van der Waals surface area contributed by atoms with Crippen molar-refractivity contribution in [2.45, 2.75) is 13.8 Å². The number of rotatable bonds is 6. The number of aliphatic carboxylic acids is 1. The minimum Gasteiger partial charge on any atom is -0.477 e. The fourth-order valence-electron chi connectivity index (χ4n) is 1.59. The Kier molecular flexibility index (Phi) is 6.68. The van der Waals surface area contributed by atoms with Gasteiger partial charge in [-0.25, -0.2) is 9.59 Å². The van der Waals surface area contributed by atoms with Gasteiger partial charge < -0.3 is 9.84 Å². The Morgan fingerprint density at radius 3 is 2.48 bits per heavy atom. The van der Waals surface area contributed by atoms with Gasteiger partial charge in [0.25, 0.3) is 0 Å². The van der Waals surface area contributed by atoms with Crippen LogP contribution < -0.4 is 0 Å². The van der Waals surface area contributed by atoms with E-state index in [1.165, 1.54) is 12.2 Å². The molecule has 0 saturated carbocycles. The number of carboxylic acids is 1. The van der Waals surface area contributed by atoms with Crippen LogP contribution in [0, 0.1) is 0 Å². The van der Waals surface area contributed by atoms with Crippen LogP contribution in [0.25, 0.3) is 6.08 Å². The highest BCUT2D eigenvalue weighted by atomic mass is 16.5. The summed E-state index contributed by atoms with van der Waals surface area (Å²) in [4.78, 5) is 22.4. The van der Waals surface area contributed by atoms with Gasteiger partial charge in [0.2, 0.25) is 0 Å². The fraction of sp³-hybridized carbons (Fsp3) is 0.176. The summed E-state index contributed by atoms with van der Waals surface area (Å²) in [5, 5.41) is 8.95. The van der Waals surface area contributed by atoms with Crippen molar-refractivity contribution in [1.82, 2.24) is 0 Å². The van der Waals surface area contributed by atoms with Crippen molar-refractivity contribution in [1.29, 1.82) is 0 Å². The Balaban J connectivity index is 2.82. The largest absolute Gasteiger partial charge is 0.477 e. The molecule has 0 fully saturated rings. The smallest absolute Gasteiger partial charge is 0.345 e. The highest BCUT2D eigenvalue weighted by Gasteiger charge is 2.17. The molecule has 21 heavy (non-hydrogen) atoms. The number of carbonyl (C=O) groups is 2. The average Bonchev–Trinajstić information content (AvgIpc) is 2.44. The molecule has 4 heteroatoms. The van der Waals surface area contributed by atoms with E-state index >= 15 is 0 Å². The van der Waals surface area contributed by atoms with Crippen LogP contribution in [-0.4, -0.2) is 23.7 Å².